The van der Waals surface area contributed by atoms with Crippen molar-refractivity contribution < 1.29 is 4.74 Å². The smallest absolute Gasteiger partial charge is 0.116 e. The van der Waals surface area contributed by atoms with Crippen LogP contribution in [0.5, 0.6) is 0 Å². The zero-order valence-corrected chi connectivity index (χ0v) is 10.4. The molecule has 0 bridgehead atoms. The molecule has 2 aromatic rings. The Labute approximate surface area is 104 Å². The molecule has 1 aliphatic heterocycles. The van der Waals surface area contributed by atoms with E-state index in [1.807, 2.05) is 6.61 Å². The number of anilines is 1. The van der Waals surface area contributed by atoms with Gasteiger partial charge in [-0.2, -0.15) is 0 Å². The quantitative estimate of drug-likeness (QED) is 0.885. The van der Waals surface area contributed by atoms with Gasteiger partial charge in [-0.1, -0.05) is 0 Å². The van der Waals surface area contributed by atoms with Gasteiger partial charge in [-0.25, -0.2) is 4.98 Å². The molecule has 17 heavy (non-hydrogen) atoms. The highest BCUT2D eigenvalue weighted by molar-refractivity contribution is 7.99. The first-order valence-corrected chi connectivity index (χ1v) is 6.85. The average Bonchev–Trinajstić information content (AvgIpc) is 2.85. The molecule has 1 saturated heterocycles. The van der Waals surface area contributed by atoms with E-state index in [2.05, 4.69) is 39.3 Å². The Morgan fingerprint density at radius 1 is 1.53 bits per heavy atom. The molecule has 1 fully saturated rings. The molecule has 1 aromatic carbocycles. The van der Waals surface area contributed by atoms with Gasteiger partial charge in [0.15, 0.2) is 0 Å². The van der Waals surface area contributed by atoms with Gasteiger partial charge in [0, 0.05) is 12.2 Å². The molecule has 0 spiro atoms. The molecule has 0 amide bonds. The summed E-state index contributed by atoms with van der Waals surface area (Å²) in [4.78, 5) is 9.74. The summed E-state index contributed by atoms with van der Waals surface area (Å²) in [5.41, 5.74) is 3.28. The third-order valence-corrected chi connectivity index (χ3v) is 3.80. The Morgan fingerprint density at radius 2 is 2.47 bits per heavy atom. The van der Waals surface area contributed by atoms with Gasteiger partial charge in [-0.05, 0) is 24.5 Å². The molecular formula is C12H14N3OS. The van der Waals surface area contributed by atoms with Crippen molar-refractivity contribution >= 4 is 28.5 Å². The number of thioether (sulfide) groups is 1. The lowest BCUT2D eigenvalue weighted by atomic mass is 10.2. The number of aromatic amines is 1. The number of hydrogen-bond donors (Lipinski definition) is 1. The SMILES string of the molecule is CSC1[CH]OCCN1c1ccc2[nH]cnc2c1. The van der Waals surface area contributed by atoms with Gasteiger partial charge < -0.3 is 14.6 Å². The Hall–Kier alpha value is -1.20. The van der Waals surface area contributed by atoms with Crippen molar-refractivity contribution in [2.45, 2.75) is 5.37 Å². The predicted molar refractivity (Wildman–Crippen MR) is 71.0 cm³/mol. The number of benzene rings is 1. The van der Waals surface area contributed by atoms with E-state index in [1.165, 1.54) is 5.69 Å². The summed E-state index contributed by atoms with van der Waals surface area (Å²) in [6.07, 6.45) is 3.82. The summed E-state index contributed by atoms with van der Waals surface area (Å²) < 4.78 is 5.39. The maximum absolute atomic E-state index is 5.39. The van der Waals surface area contributed by atoms with E-state index < -0.39 is 0 Å². The highest BCUT2D eigenvalue weighted by atomic mass is 32.2. The summed E-state index contributed by atoms with van der Waals surface area (Å²) >= 11 is 1.77. The van der Waals surface area contributed by atoms with Crippen molar-refractivity contribution in [1.29, 1.82) is 0 Å². The highest BCUT2D eigenvalue weighted by Crippen LogP contribution is 2.28. The molecule has 0 aliphatic carbocycles. The zero-order chi connectivity index (χ0) is 11.7. The zero-order valence-electron chi connectivity index (χ0n) is 9.59. The van der Waals surface area contributed by atoms with Gasteiger partial charge in [0.25, 0.3) is 0 Å². The summed E-state index contributed by atoms with van der Waals surface area (Å²) in [5.74, 6) is 0. The number of morpholine rings is 1. The van der Waals surface area contributed by atoms with Gasteiger partial charge in [0.05, 0.1) is 24.0 Å². The number of ether oxygens (including phenoxy) is 1. The van der Waals surface area contributed by atoms with Crippen LogP contribution in [0.3, 0.4) is 0 Å². The van der Waals surface area contributed by atoms with E-state index in [9.17, 15) is 0 Å². The Morgan fingerprint density at radius 3 is 3.35 bits per heavy atom. The van der Waals surface area contributed by atoms with Crippen LogP contribution >= 0.6 is 11.8 Å². The minimum absolute atomic E-state index is 0.278. The average molecular weight is 248 g/mol. The third kappa shape index (κ3) is 2.00. The van der Waals surface area contributed by atoms with Crippen LogP contribution in [0.4, 0.5) is 5.69 Å². The minimum atomic E-state index is 0.278. The van der Waals surface area contributed by atoms with Crippen LogP contribution in [0.2, 0.25) is 0 Å². The number of hydrogen-bond acceptors (Lipinski definition) is 4. The maximum Gasteiger partial charge on any atom is 0.116 e. The van der Waals surface area contributed by atoms with E-state index in [0.29, 0.717) is 0 Å². The van der Waals surface area contributed by atoms with E-state index in [1.54, 1.807) is 18.1 Å². The molecular weight excluding hydrogens is 234 g/mol. The Bertz CT molecular complexity index is 513. The van der Waals surface area contributed by atoms with Gasteiger partial charge in [0.1, 0.15) is 12.0 Å². The second-order valence-corrected chi connectivity index (χ2v) is 4.88. The molecule has 1 aromatic heterocycles. The Balaban J connectivity index is 1.95. The van der Waals surface area contributed by atoms with Crippen LogP contribution in [0.25, 0.3) is 11.0 Å². The molecule has 2 heterocycles. The van der Waals surface area contributed by atoms with Crippen molar-refractivity contribution in [3.05, 3.63) is 31.1 Å². The molecule has 0 saturated carbocycles. The molecule has 89 valence electrons. The van der Waals surface area contributed by atoms with Crippen molar-refractivity contribution in [3.8, 4) is 0 Å². The third-order valence-electron chi connectivity index (χ3n) is 2.95. The maximum atomic E-state index is 5.39. The van der Waals surface area contributed by atoms with E-state index in [0.717, 1.165) is 24.2 Å². The van der Waals surface area contributed by atoms with Gasteiger partial charge in [-0.15, -0.1) is 11.8 Å². The molecule has 1 N–H and O–H groups in total. The van der Waals surface area contributed by atoms with Crippen molar-refractivity contribution in [3.63, 3.8) is 0 Å². The van der Waals surface area contributed by atoms with Gasteiger partial charge in [0.2, 0.25) is 0 Å². The molecule has 1 radical (unpaired) electrons. The lowest BCUT2D eigenvalue weighted by Gasteiger charge is -2.35. The van der Waals surface area contributed by atoms with Crippen LogP contribution in [0.1, 0.15) is 0 Å². The fourth-order valence-electron chi connectivity index (χ4n) is 2.06. The number of aromatic nitrogens is 2. The van der Waals surface area contributed by atoms with Crippen LogP contribution in [0.15, 0.2) is 24.5 Å². The summed E-state index contributed by atoms with van der Waals surface area (Å²) in [7, 11) is 0. The molecule has 4 nitrogen and oxygen atoms in total. The molecule has 1 aliphatic rings. The largest absolute Gasteiger partial charge is 0.370 e. The molecule has 1 unspecified atom stereocenters. The van der Waals surface area contributed by atoms with Gasteiger partial charge in [-0.3, -0.25) is 0 Å². The topological polar surface area (TPSA) is 41.1 Å². The summed E-state index contributed by atoms with van der Waals surface area (Å²) in [6, 6.07) is 6.32. The summed E-state index contributed by atoms with van der Waals surface area (Å²) in [6.45, 7) is 3.57. The minimum Gasteiger partial charge on any atom is -0.370 e. The fraction of sp³-hybridized carbons (Fsp3) is 0.333. The van der Waals surface area contributed by atoms with Crippen LogP contribution < -0.4 is 4.90 Å². The first kappa shape index (κ1) is 10.9. The van der Waals surface area contributed by atoms with E-state index in [4.69, 9.17) is 4.74 Å². The second kappa shape index (κ2) is 4.58. The van der Waals surface area contributed by atoms with Crippen LogP contribution in [-0.2, 0) is 4.74 Å². The number of fused-ring (bicyclic) bond motifs is 1. The fourth-order valence-corrected chi connectivity index (χ4v) is 2.73. The molecule has 5 heteroatoms. The van der Waals surface area contributed by atoms with E-state index in [-0.39, 0.29) is 5.37 Å². The lowest BCUT2D eigenvalue weighted by Crippen LogP contribution is -2.40. The number of nitrogens with zero attached hydrogens (tertiary/aromatic N) is 2. The standard InChI is InChI=1S/C12H14N3OS/c1-17-12-7-16-5-4-15(12)9-2-3-10-11(6-9)14-8-13-10/h2-3,6-8,12H,4-5H2,1H3,(H,13,14). The van der Waals surface area contributed by atoms with E-state index >= 15 is 0 Å². The summed E-state index contributed by atoms with van der Waals surface area (Å²) in [5, 5.41) is 0.278. The monoisotopic (exact) mass is 248 g/mol. The van der Waals surface area contributed by atoms with Crippen LogP contribution in [0, 0.1) is 6.61 Å². The number of imidazole rings is 1. The lowest BCUT2D eigenvalue weighted by molar-refractivity contribution is 0.175. The predicted octanol–water partition coefficient (Wildman–Crippen LogP) is 2.25. The first-order valence-electron chi connectivity index (χ1n) is 5.56. The Kier molecular flexibility index (Phi) is 2.94. The number of rotatable bonds is 2. The normalized spacial score (nSPS) is 21.0. The first-order chi connectivity index (χ1) is 8.38. The van der Waals surface area contributed by atoms with Crippen molar-refractivity contribution in [2.75, 3.05) is 24.3 Å². The van der Waals surface area contributed by atoms with Crippen LogP contribution in [-0.4, -0.2) is 34.7 Å². The molecule has 3 rings (SSSR count). The molecule has 1 atom stereocenters. The number of H-pyrrole nitrogens is 1. The van der Waals surface area contributed by atoms with Gasteiger partial charge >= 0.3 is 0 Å². The number of nitrogens with one attached hydrogen (secondary N) is 1. The van der Waals surface area contributed by atoms with Crippen molar-refractivity contribution in [2.24, 2.45) is 0 Å². The second-order valence-electron chi connectivity index (χ2n) is 3.93. The van der Waals surface area contributed by atoms with Crippen molar-refractivity contribution in [1.82, 2.24) is 9.97 Å². The highest BCUT2D eigenvalue weighted by Gasteiger charge is 2.23.